The van der Waals surface area contributed by atoms with Crippen LogP contribution in [0.1, 0.15) is 23.2 Å². The Bertz CT molecular complexity index is 1260. The number of nitrogens with zero attached hydrogens (tertiary/aromatic N) is 1. The van der Waals surface area contributed by atoms with Gasteiger partial charge in [-0.25, -0.2) is 26.0 Å². The van der Waals surface area contributed by atoms with Crippen LogP contribution in [0.2, 0.25) is 0 Å². The normalized spacial score (nSPS) is 16.8. The smallest absolute Gasteiger partial charge is 0.337 e. The van der Waals surface area contributed by atoms with Crippen molar-refractivity contribution in [1.82, 2.24) is 0 Å². The van der Waals surface area contributed by atoms with E-state index in [2.05, 4.69) is 9.46 Å². The van der Waals surface area contributed by atoms with Crippen molar-refractivity contribution in [3.8, 4) is 5.75 Å². The number of rotatable bonds is 7. The van der Waals surface area contributed by atoms with Gasteiger partial charge in [0.2, 0.25) is 0 Å². The molecule has 0 aromatic heterocycles. The molecular formula is C21H25FN2O7S2. The third kappa shape index (κ3) is 5.56. The average Bonchev–Trinajstić information content (AvgIpc) is 2.77. The van der Waals surface area contributed by atoms with Crippen molar-refractivity contribution < 1.29 is 35.5 Å². The number of carbonyl (C=O) groups is 1. The van der Waals surface area contributed by atoms with E-state index in [1.165, 1.54) is 44.6 Å². The highest BCUT2D eigenvalue weighted by Crippen LogP contribution is 2.35. The summed E-state index contributed by atoms with van der Waals surface area (Å²) in [7, 11) is -5.57. The molecule has 0 amide bonds. The first-order valence-electron chi connectivity index (χ1n) is 9.98. The summed E-state index contributed by atoms with van der Waals surface area (Å²) in [6.07, 6.45) is 0.878. The molecule has 2 aromatic carbocycles. The van der Waals surface area contributed by atoms with Crippen LogP contribution in [-0.2, 0) is 24.6 Å². The van der Waals surface area contributed by atoms with Crippen LogP contribution in [0.25, 0.3) is 0 Å². The van der Waals surface area contributed by atoms with E-state index in [0.717, 1.165) is 12.3 Å². The largest absolute Gasteiger partial charge is 0.495 e. The van der Waals surface area contributed by atoms with Gasteiger partial charge < -0.3 is 14.4 Å². The van der Waals surface area contributed by atoms with Crippen molar-refractivity contribution in [2.45, 2.75) is 28.8 Å². The summed E-state index contributed by atoms with van der Waals surface area (Å²) >= 11 is 0. The fourth-order valence-electron chi connectivity index (χ4n) is 3.58. The second kappa shape index (κ2) is 9.56. The Kier molecular flexibility index (Phi) is 7.17. The number of anilines is 2. The minimum atomic E-state index is -4.36. The van der Waals surface area contributed by atoms with Gasteiger partial charge in [0.05, 0.1) is 36.1 Å². The monoisotopic (exact) mass is 500 g/mol. The number of sulfone groups is 1. The molecule has 0 bridgehead atoms. The van der Waals surface area contributed by atoms with E-state index in [9.17, 15) is 26.0 Å². The molecule has 0 saturated carbocycles. The Hall–Kier alpha value is -2.86. The highest BCUT2D eigenvalue weighted by Gasteiger charge is 2.27. The number of hydrogen-bond acceptors (Lipinski definition) is 8. The third-order valence-electron chi connectivity index (χ3n) is 5.22. The van der Waals surface area contributed by atoms with Gasteiger partial charge in [-0.05, 0) is 49.2 Å². The van der Waals surface area contributed by atoms with Gasteiger partial charge >= 0.3 is 5.97 Å². The first kappa shape index (κ1) is 24.8. The van der Waals surface area contributed by atoms with E-state index in [-0.39, 0.29) is 33.3 Å². The maximum atomic E-state index is 14.0. The van der Waals surface area contributed by atoms with Crippen molar-refractivity contribution in [2.75, 3.05) is 43.2 Å². The topological polar surface area (TPSA) is 119 Å². The highest BCUT2D eigenvalue weighted by atomic mass is 32.2. The number of sulfonamides is 1. The molecule has 1 atom stereocenters. The zero-order valence-electron chi connectivity index (χ0n) is 18.4. The van der Waals surface area contributed by atoms with Gasteiger partial charge in [-0.1, -0.05) is 0 Å². The summed E-state index contributed by atoms with van der Waals surface area (Å²) in [5.41, 5.74) is 0.300. The van der Waals surface area contributed by atoms with Crippen LogP contribution in [0.5, 0.6) is 5.75 Å². The van der Waals surface area contributed by atoms with Crippen LogP contribution in [0.15, 0.2) is 46.2 Å². The predicted octanol–water partition coefficient (Wildman–Crippen LogP) is 2.62. The summed E-state index contributed by atoms with van der Waals surface area (Å²) in [4.78, 5) is 13.1. The predicted molar refractivity (Wildman–Crippen MR) is 121 cm³/mol. The van der Waals surface area contributed by atoms with Crippen LogP contribution in [0, 0.1) is 0 Å². The molecule has 1 aliphatic rings. The van der Waals surface area contributed by atoms with Crippen LogP contribution in [0.4, 0.5) is 15.8 Å². The number of methoxy groups -OCH3 is 2. The first-order chi connectivity index (χ1) is 15.5. The lowest BCUT2D eigenvalue weighted by Gasteiger charge is -2.32. The van der Waals surface area contributed by atoms with Gasteiger partial charge in [-0.3, -0.25) is 4.72 Å². The molecule has 2 aromatic rings. The molecule has 180 valence electrons. The fraction of sp³-hybridized carbons (Fsp3) is 0.381. The molecule has 1 heterocycles. The van der Waals surface area contributed by atoms with Crippen molar-refractivity contribution in [2.24, 2.45) is 0 Å². The summed E-state index contributed by atoms with van der Waals surface area (Å²) < 4.78 is 77.1. The lowest BCUT2D eigenvalue weighted by molar-refractivity contribution is 0.0600. The molecule has 0 aliphatic carbocycles. The van der Waals surface area contributed by atoms with Crippen molar-refractivity contribution in [1.29, 1.82) is 0 Å². The maximum Gasteiger partial charge on any atom is 0.337 e. The zero-order valence-corrected chi connectivity index (χ0v) is 20.0. The minimum absolute atomic E-state index is 0.0138. The van der Waals surface area contributed by atoms with Crippen molar-refractivity contribution >= 4 is 37.2 Å². The molecule has 33 heavy (non-hydrogen) atoms. The number of esters is 1. The molecule has 1 saturated heterocycles. The summed E-state index contributed by atoms with van der Waals surface area (Å²) in [5.74, 6) is -0.770. The second-order valence-corrected chi connectivity index (χ2v) is 11.3. The average molecular weight is 501 g/mol. The van der Waals surface area contributed by atoms with Gasteiger partial charge in [0.15, 0.2) is 9.84 Å². The third-order valence-corrected chi connectivity index (χ3v) is 7.72. The Morgan fingerprint density at radius 2 is 1.85 bits per heavy atom. The zero-order chi connectivity index (χ0) is 24.4. The SMILES string of the molecule is COC(=O)c1ccc(OC)c(S(=O)(=O)Nc2cc(S(C)(=O)=O)ccc2N2CCC[C@@H](F)C2)c1. The molecule has 1 N–H and O–H groups in total. The molecule has 3 rings (SSSR count). The van der Waals surface area contributed by atoms with Gasteiger partial charge in [-0.2, -0.15) is 0 Å². The number of ether oxygens (including phenoxy) is 2. The lowest BCUT2D eigenvalue weighted by Crippen LogP contribution is -2.37. The van der Waals surface area contributed by atoms with Crippen LogP contribution < -0.4 is 14.4 Å². The fourth-order valence-corrected chi connectivity index (χ4v) is 5.49. The highest BCUT2D eigenvalue weighted by molar-refractivity contribution is 7.93. The number of benzene rings is 2. The standard InChI is InChI=1S/C21H25FN2O7S2/c1-30-19-9-6-14(21(25)31-2)11-20(19)33(28,29)23-17-12-16(32(3,26)27)7-8-18(17)24-10-4-5-15(22)13-24/h6-9,11-12,15,23H,4-5,10,13H2,1-3H3/t15-/m1/s1. The molecule has 12 heteroatoms. The second-order valence-electron chi connectivity index (χ2n) is 7.60. The number of nitrogens with one attached hydrogen (secondary N) is 1. The summed E-state index contributed by atoms with van der Waals surface area (Å²) in [6, 6.07) is 7.77. The van der Waals surface area contributed by atoms with E-state index in [1.54, 1.807) is 4.90 Å². The first-order valence-corrected chi connectivity index (χ1v) is 13.4. The van der Waals surface area contributed by atoms with E-state index in [1.807, 2.05) is 0 Å². The van der Waals surface area contributed by atoms with Crippen LogP contribution >= 0.6 is 0 Å². The van der Waals surface area contributed by atoms with Crippen molar-refractivity contribution in [3.05, 3.63) is 42.0 Å². The quantitative estimate of drug-likeness (QED) is 0.577. The molecule has 9 nitrogen and oxygen atoms in total. The number of halogens is 1. The summed E-state index contributed by atoms with van der Waals surface area (Å²) in [6.45, 7) is 0.530. The Balaban J connectivity index is 2.11. The Labute approximate surface area is 192 Å². The molecular weight excluding hydrogens is 475 g/mol. The number of carbonyl (C=O) groups excluding carboxylic acids is 1. The number of piperidine rings is 1. The van der Waals surface area contributed by atoms with E-state index in [4.69, 9.17) is 4.74 Å². The van der Waals surface area contributed by atoms with E-state index < -0.39 is 32.0 Å². The maximum absolute atomic E-state index is 14.0. The van der Waals surface area contributed by atoms with Gasteiger partial charge in [0, 0.05) is 19.3 Å². The van der Waals surface area contributed by atoms with Crippen LogP contribution in [0.3, 0.4) is 0 Å². The number of alkyl halides is 1. The van der Waals surface area contributed by atoms with Gasteiger partial charge in [0.25, 0.3) is 10.0 Å². The van der Waals surface area contributed by atoms with Crippen LogP contribution in [-0.4, -0.2) is 62.5 Å². The van der Waals surface area contributed by atoms with Gasteiger partial charge in [0.1, 0.15) is 16.8 Å². The molecule has 1 aliphatic heterocycles. The van der Waals surface area contributed by atoms with Crippen molar-refractivity contribution in [3.63, 3.8) is 0 Å². The van der Waals surface area contributed by atoms with Gasteiger partial charge in [-0.15, -0.1) is 0 Å². The molecule has 0 spiro atoms. The van der Waals surface area contributed by atoms with E-state index in [0.29, 0.717) is 25.1 Å². The molecule has 1 fully saturated rings. The lowest BCUT2D eigenvalue weighted by atomic mass is 10.1. The molecule has 0 unspecified atom stereocenters. The minimum Gasteiger partial charge on any atom is -0.495 e. The molecule has 0 radical (unpaired) electrons. The summed E-state index contributed by atoms with van der Waals surface area (Å²) in [5, 5.41) is 0. The Morgan fingerprint density at radius 3 is 2.45 bits per heavy atom. The van der Waals surface area contributed by atoms with E-state index >= 15 is 0 Å². The Morgan fingerprint density at radius 1 is 1.12 bits per heavy atom. The number of hydrogen-bond donors (Lipinski definition) is 1.